The van der Waals surface area contributed by atoms with Crippen LogP contribution in [0, 0.1) is 5.95 Å². The number of rotatable bonds is 2. The van der Waals surface area contributed by atoms with Gasteiger partial charge in [0.05, 0.1) is 18.8 Å². The van der Waals surface area contributed by atoms with Crippen LogP contribution in [0.25, 0.3) is 0 Å². The van der Waals surface area contributed by atoms with E-state index in [2.05, 4.69) is 22.0 Å². The number of pyridine rings is 1. The first-order chi connectivity index (χ1) is 11.1. The van der Waals surface area contributed by atoms with Gasteiger partial charge >= 0.3 is 0 Å². The number of piperidine rings is 1. The van der Waals surface area contributed by atoms with Gasteiger partial charge in [0.15, 0.2) is 0 Å². The van der Waals surface area contributed by atoms with Crippen molar-refractivity contribution < 1.29 is 14.2 Å². The van der Waals surface area contributed by atoms with Crippen LogP contribution in [0.2, 0.25) is 0 Å². The van der Waals surface area contributed by atoms with E-state index in [0.29, 0.717) is 18.0 Å². The van der Waals surface area contributed by atoms with Gasteiger partial charge in [-0.3, -0.25) is 4.90 Å². The van der Waals surface area contributed by atoms with Crippen molar-refractivity contribution in [2.75, 3.05) is 7.11 Å². The number of ether oxygens (including phenoxy) is 1. The third-order valence-electron chi connectivity index (χ3n) is 5.88. The molecule has 0 radical (unpaired) electrons. The lowest BCUT2D eigenvalue weighted by molar-refractivity contribution is -0.217. The Bertz CT molecular complexity index is 807. The standard InChI is InChI=1S/C18H17FN2O2/c1-23-12-4-2-10(3-5-12)18-7-11-6-13-16(14(8-18)21(11)18)15(22)9-20-17(13)19/h2-5,9,11,14,22H,6-8H2,1H3/t11-,14-,18?/m1/s1. The van der Waals surface area contributed by atoms with Crippen molar-refractivity contribution in [1.29, 1.82) is 0 Å². The number of aromatic nitrogens is 1. The zero-order chi connectivity index (χ0) is 15.8. The van der Waals surface area contributed by atoms with Crippen LogP contribution in [-0.2, 0) is 12.0 Å². The molecule has 1 aromatic carbocycles. The van der Waals surface area contributed by atoms with Crippen molar-refractivity contribution in [2.45, 2.75) is 36.9 Å². The zero-order valence-electron chi connectivity index (χ0n) is 12.8. The van der Waals surface area contributed by atoms with Crippen LogP contribution in [0.3, 0.4) is 0 Å². The molecule has 2 saturated heterocycles. The van der Waals surface area contributed by atoms with E-state index in [1.165, 1.54) is 11.8 Å². The maximum absolute atomic E-state index is 14.0. The number of benzene rings is 1. The van der Waals surface area contributed by atoms with Crippen LogP contribution in [-0.4, -0.2) is 28.1 Å². The lowest BCUT2D eigenvalue weighted by Gasteiger charge is -2.72. The number of fused-ring (bicyclic) bond motifs is 2. The third kappa shape index (κ3) is 1.51. The molecule has 1 unspecified atom stereocenters. The highest BCUT2D eigenvalue weighted by atomic mass is 19.1. The van der Waals surface area contributed by atoms with E-state index < -0.39 is 5.95 Å². The lowest BCUT2D eigenvalue weighted by Crippen LogP contribution is -2.74. The van der Waals surface area contributed by atoms with Crippen LogP contribution >= 0.6 is 0 Å². The summed E-state index contributed by atoms with van der Waals surface area (Å²) >= 11 is 0. The van der Waals surface area contributed by atoms with Crippen molar-refractivity contribution in [3.05, 3.63) is 53.1 Å². The molecular weight excluding hydrogens is 295 g/mol. The first-order valence-electron chi connectivity index (χ1n) is 7.93. The normalized spacial score (nSPS) is 30.7. The van der Waals surface area contributed by atoms with Crippen molar-refractivity contribution >= 4 is 0 Å². The Labute approximate surface area is 133 Å². The van der Waals surface area contributed by atoms with E-state index in [9.17, 15) is 9.50 Å². The first kappa shape index (κ1) is 13.3. The summed E-state index contributed by atoms with van der Waals surface area (Å²) in [6.45, 7) is 0. The van der Waals surface area contributed by atoms with Gasteiger partial charge in [-0.15, -0.1) is 0 Å². The second-order valence-corrected chi connectivity index (χ2v) is 6.78. The van der Waals surface area contributed by atoms with E-state index in [-0.39, 0.29) is 17.3 Å². The number of halogens is 1. The molecule has 0 amide bonds. The Morgan fingerprint density at radius 1 is 1.30 bits per heavy atom. The Morgan fingerprint density at radius 2 is 2.09 bits per heavy atom. The quantitative estimate of drug-likeness (QED) is 0.866. The third-order valence-corrected chi connectivity index (χ3v) is 5.88. The van der Waals surface area contributed by atoms with Gasteiger partial charge in [-0.1, -0.05) is 12.1 Å². The summed E-state index contributed by atoms with van der Waals surface area (Å²) in [5.74, 6) is 0.554. The molecular formula is C18H17FN2O2. The smallest absolute Gasteiger partial charge is 0.216 e. The number of nitrogens with zero attached hydrogens (tertiary/aromatic N) is 2. The summed E-state index contributed by atoms with van der Waals surface area (Å²) in [5, 5.41) is 10.2. The van der Waals surface area contributed by atoms with E-state index in [0.717, 1.165) is 24.2 Å². The Morgan fingerprint density at radius 3 is 2.83 bits per heavy atom. The number of hydrogen-bond acceptors (Lipinski definition) is 4. The van der Waals surface area contributed by atoms with Gasteiger partial charge in [0.1, 0.15) is 11.5 Å². The van der Waals surface area contributed by atoms with Gasteiger partial charge in [0, 0.05) is 23.2 Å². The fourth-order valence-corrected chi connectivity index (χ4v) is 4.91. The van der Waals surface area contributed by atoms with Gasteiger partial charge in [-0.25, -0.2) is 4.98 Å². The molecule has 118 valence electrons. The Kier molecular flexibility index (Phi) is 2.45. The molecule has 0 saturated carbocycles. The lowest BCUT2D eigenvalue weighted by atomic mass is 9.56. The van der Waals surface area contributed by atoms with Crippen LogP contribution in [0.1, 0.15) is 35.6 Å². The second-order valence-electron chi connectivity index (χ2n) is 6.78. The molecule has 1 N–H and O–H groups in total. The minimum Gasteiger partial charge on any atom is -0.506 e. The summed E-state index contributed by atoms with van der Waals surface area (Å²) < 4.78 is 19.2. The SMILES string of the molecule is COc1ccc(C23C[C@H]4Cc5c(F)ncc(O)c5[C@@H](C2)N43)cc1. The molecule has 2 aromatic rings. The Hall–Kier alpha value is -2.14. The van der Waals surface area contributed by atoms with Crippen LogP contribution in [0.4, 0.5) is 4.39 Å². The summed E-state index contributed by atoms with van der Waals surface area (Å²) in [6, 6.07) is 8.67. The average Bonchev–Trinajstić information content (AvgIpc) is 2.53. The highest BCUT2D eigenvalue weighted by Gasteiger charge is 2.66. The molecule has 1 aromatic heterocycles. The molecule has 2 fully saturated rings. The van der Waals surface area contributed by atoms with Crippen molar-refractivity contribution in [2.24, 2.45) is 0 Å². The first-order valence-corrected chi connectivity index (χ1v) is 7.93. The molecule has 5 rings (SSSR count). The summed E-state index contributed by atoms with van der Waals surface area (Å²) in [5.41, 5.74) is 2.69. The zero-order valence-corrected chi connectivity index (χ0v) is 12.8. The van der Waals surface area contributed by atoms with Crippen molar-refractivity contribution in [3.63, 3.8) is 0 Å². The van der Waals surface area contributed by atoms with Crippen LogP contribution < -0.4 is 4.74 Å². The summed E-state index contributed by atoms with van der Waals surface area (Å²) in [6.07, 6.45) is 3.82. The molecule has 0 bridgehead atoms. The molecule has 3 aliphatic heterocycles. The molecule has 3 aliphatic rings. The molecule has 5 heteroatoms. The van der Waals surface area contributed by atoms with Gasteiger partial charge in [0.25, 0.3) is 0 Å². The largest absolute Gasteiger partial charge is 0.506 e. The number of hydrogen-bond donors (Lipinski definition) is 1. The fraction of sp³-hybridized carbons (Fsp3) is 0.389. The topological polar surface area (TPSA) is 45.6 Å². The molecule has 0 spiro atoms. The van der Waals surface area contributed by atoms with E-state index >= 15 is 0 Å². The predicted molar refractivity (Wildman–Crippen MR) is 81.8 cm³/mol. The van der Waals surface area contributed by atoms with Gasteiger partial charge in [-0.2, -0.15) is 4.39 Å². The highest BCUT2D eigenvalue weighted by molar-refractivity contribution is 5.49. The Balaban J connectivity index is 1.53. The van der Waals surface area contributed by atoms with E-state index in [1.54, 1.807) is 7.11 Å². The number of methoxy groups -OCH3 is 1. The molecule has 23 heavy (non-hydrogen) atoms. The predicted octanol–water partition coefficient (Wildman–Crippen LogP) is 2.91. The van der Waals surface area contributed by atoms with Gasteiger partial charge in [-0.05, 0) is 37.0 Å². The minimum absolute atomic E-state index is 0.0471. The minimum atomic E-state index is -0.425. The highest BCUT2D eigenvalue weighted by Crippen LogP contribution is 2.67. The van der Waals surface area contributed by atoms with Crippen molar-refractivity contribution in [3.8, 4) is 11.5 Å². The second kappa shape index (κ2) is 4.23. The summed E-state index contributed by atoms with van der Waals surface area (Å²) in [7, 11) is 1.67. The molecule has 4 heterocycles. The van der Waals surface area contributed by atoms with Crippen molar-refractivity contribution in [1.82, 2.24) is 9.88 Å². The average molecular weight is 312 g/mol. The van der Waals surface area contributed by atoms with Gasteiger partial charge < -0.3 is 9.84 Å². The monoisotopic (exact) mass is 312 g/mol. The number of aromatic hydroxyl groups is 1. The van der Waals surface area contributed by atoms with E-state index in [4.69, 9.17) is 4.74 Å². The van der Waals surface area contributed by atoms with Crippen LogP contribution in [0.15, 0.2) is 30.5 Å². The van der Waals surface area contributed by atoms with Gasteiger partial charge in [0.2, 0.25) is 5.95 Å². The fourth-order valence-electron chi connectivity index (χ4n) is 4.91. The van der Waals surface area contributed by atoms with Crippen LogP contribution in [0.5, 0.6) is 11.5 Å². The summed E-state index contributed by atoms with van der Waals surface area (Å²) in [4.78, 5) is 6.11. The molecule has 3 atom stereocenters. The maximum atomic E-state index is 14.0. The van der Waals surface area contributed by atoms with E-state index in [1.807, 2.05) is 12.1 Å². The molecule has 0 aliphatic carbocycles. The maximum Gasteiger partial charge on any atom is 0.216 e. The molecule has 4 nitrogen and oxygen atoms in total.